The van der Waals surface area contributed by atoms with E-state index >= 15 is 0 Å². The van der Waals surface area contributed by atoms with Gasteiger partial charge in [-0.05, 0) is 36.8 Å². The van der Waals surface area contributed by atoms with Crippen molar-refractivity contribution in [3.05, 3.63) is 71.2 Å². The number of oxazole rings is 1. The van der Waals surface area contributed by atoms with Crippen LogP contribution in [0.25, 0.3) is 33.8 Å². The monoisotopic (exact) mass is 419 g/mol. The molecule has 1 amide bonds. The first-order chi connectivity index (χ1) is 14.6. The zero-order valence-electron chi connectivity index (χ0n) is 15.6. The van der Waals surface area contributed by atoms with Gasteiger partial charge in [0.05, 0.1) is 23.7 Å². The van der Waals surface area contributed by atoms with Crippen molar-refractivity contribution < 1.29 is 13.7 Å². The second kappa shape index (κ2) is 7.16. The summed E-state index contributed by atoms with van der Waals surface area (Å²) in [6.07, 6.45) is 3.08. The normalized spacial score (nSPS) is 11.1. The average Bonchev–Trinajstić information content (AvgIpc) is 3.49. The summed E-state index contributed by atoms with van der Waals surface area (Å²) < 4.78 is 10.8. The lowest BCUT2D eigenvalue weighted by molar-refractivity contribution is 0.0988. The van der Waals surface area contributed by atoms with Crippen LogP contribution in [0.15, 0.2) is 63.8 Å². The fourth-order valence-corrected chi connectivity index (χ4v) is 3.24. The number of carbonyl (C=O) groups excluding carboxylic acids is 1. The molecule has 0 atom stereocenters. The summed E-state index contributed by atoms with van der Waals surface area (Å²) in [7, 11) is 0. The van der Waals surface area contributed by atoms with Gasteiger partial charge in [-0.3, -0.25) is 9.89 Å². The molecule has 5 rings (SSSR count). The Morgan fingerprint density at radius 3 is 2.77 bits per heavy atom. The number of aryl methyl sites for hydroxylation is 1. The molecule has 0 aliphatic carbocycles. The molecule has 0 fully saturated rings. The standard InChI is InChI=1S/C21H14ClN5O3/c1-11-8-18-16(9-15(11)22)26-21(29-18)14-10-23-27-19(14)12-2-4-13(5-3-12)25-20(28)17-6-7-24-30-17/h2-10H,1H3,(H,23,27)(H,25,28). The van der Waals surface area contributed by atoms with E-state index in [0.717, 1.165) is 22.4 Å². The predicted octanol–water partition coefficient (Wildman–Crippen LogP) is 5.09. The van der Waals surface area contributed by atoms with Gasteiger partial charge in [-0.25, -0.2) is 4.98 Å². The third-order valence-electron chi connectivity index (χ3n) is 4.63. The van der Waals surface area contributed by atoms with Crippen LogP contribution in [0.1, 0.15) is 16.1 Å². The molecule has 5 aromatic rings. The van der Waals surface area contributed by atoms with Crippen molar-refractivity contribution in [2.45, 2.75) is 6.92 Å². The van der Waals surface area contributed by atoms with Gasteiger partial charge < -0.3 is 14.3 Å². The highest BCUT2D eigenvalue weighted by molar-refractivity contribution is 6.32. The summed E-state index contributed by atoms with van der Waals surface area (Å²) >= 11 is 6.19. The van der Waals surface area contributed by atoms with E-state index < -0.39 is 0 Å². The number of benzene rings is 2. The second-order valence-electron chi connectivity index (χ2n) is 6.65. The first-order valence-electron chi connectivity index (χ1n) is 9.01. The number of amides is 1. The van der Waals surface area contributed by atoms with Gasteiger partial charge in [-0.1, -0.05) is 28.9 Å². The summed E-state index contributed by atoms with van der Waals surface area (Å²) in [6, 6.07) is 12.4. The molecule has 0 aliphatic heterocycles. The molecule has 148 valence electrons. The second-order valence-corrected chi connectivity index (χ2v) is 7.06. The highest BCUT2D eigenvalue weighted by Crippen LogP contribution is 2.33. The van der Waals surface area contributed by atoms with Gasteiger partial charge in [0.2, 0.25) is 11.7 Å². The molecule has 0 saturated heterocycles. The van der Waals surface area contributed by atoms with Crippen LogP contribution < -0.4 is 5.32 Å². The van der Waals surface area contributed by atoms with Crippen LogP contribution in [0.5, 0.6) is 0 Å². The molecule has 2 aromatic carbocycles. The summed E-state index contributed by atoms with van der Waals surface area (Å²) in [5, 5.41) is 14.0. The van der Waals surface area contributed by atoms with Crippen molar-refractivity contribution in [1.29, 1.82) is 0 Å². The number of fused-ring (bicyclic) bond motifs is 1. The molecule has 8 nitrogen and oxygen atoms in total. The van der Waals surface area contributed by atoms with Crippen LogP contribution in [0.4, 0.5) is 5.69 Å². The molecule has 3 aromatic heterocycles. The molecule has 0 saturated carbocycles. The van der Waals surface area contributed by atoms with E-state index in [-0.39, 0.29) is 11.7 Å². The van der Waals surface area contributed by atoms with Crippen LogP contribution in [0.2, 0.25) is 5.02 Å². The number of hydrogen-bond donors (Lipinski definition) is 2. The summed E-state index contributed by atoms with van der Waals surface area (Å²) in [6.45, 7) is 1.91. The van der Waals surface area contributed by atoms with Gasteiger partial charge in [0.15, 0.2) is 5.58 Å². The average molecular weight is 420 g/mol. The first-order valence-corrected chi connectivity index (χ1v) is 9.39. The number of nitrogens with zero attached hydrogens (tertiary/aromatic N) is 3. The van der Waals surface area contributed by atoms with Crippen LogP contribution in [0.3, 0.4) is 0 Å². The van der Waals surface area contributed by atoms with Crippen molar-refractivity contribution in [3.8, 4) is 22.7 Å². The highest BCUT2D eigenvalue weighted by atomic mass is 35.5. The Labute approximate surface area is 174 Å². The molecule has 30 heavy (non-hydrogen) atoms. The summed E-state index contributed by atoms with van der Waals surface area (Å²) in [4.78, 5) is 16.6. The van der Waals surface area contributed by atoms with Gasteiger partial charge in [0.25, 0.3) is 5.91 Å². The molecule has 0 aliphatic rings. The summed E-state index contributed by atoms with van der Waals surface area (Å²) in [5.41, 5.74) is 5.20. The highest BCUT2D eigenvalue weighted by Gasteiger charge is 2.17. The van der Waals surface area contributed by atoms with Crippen molar-refractivity contribution in [1.82, 2.24) is 20.3 Å². The third-order valence-corrected chi connectivity index (χ3v) is 5.04. The maximum Gasteiger partial charge on any atom is 0.294 e. The molecular formula is C21H14ClN5O3. The Bertz CT molecular complexity index is 1310. The number of halogens is 1. The zero-order valence-corrected chi connectivity index (χ0v) is 16.4. The minimum atomic E-state index is -0.372. The van der Waals surface area contributed by atoms with E-state index in [1.165, 1.54) is 12.3 Å². The van der Waals surface area contributed by atoms with E-state index in [4.69, 9.17) is 20.5 Å². The lowest BCUT2D eigenvalue weighted by Crippen LogP contribution is -2.10. The van der Waals surface area contributed by atoms with E-state index in [9.17, 15) is 4.79 Å². The van der Waals surface area contributed by atoms with Gasteiger partial charge in [0, 0.05) is 22.3 Å². The lowest BCUT2D eigenvalue weighted by Gasteiger charge is -2.05. The largest absolute Gasteiger partial charge is 0.436 e. The Kier molecular flexibility index (Phi) is 4.33. The van der Waals surface area contributed by atoms with Crippen molar-refractivity contribution in [3.63, 3.8) is 0 Å². The lowest BCUT2D eigenvalue weighted by atomic mass is 10.1. The Morgan fingerprint density at radius 1 is 1.17 bits per heavy atom. The summed E-state index contributed by atoms with van der Waals surface area (Å²) in [5.74, 6) is 0.210. The smallest absolute Gasteiger partial charge is 0.294 e. The maximum absolute atomic E-state index is 12.1. The maximum atomic E-state index is 12.1. The first kappa shape index (κ1) is 18.1. The zero-order chi connectivity index (χ0) is 20.7. The number of aromatic nitrogens is 4. The SMILES string of the molecule is Cc1cc2oc(-c3cn[nH]c3-c3ccc(NC(=O)c4ccno4)cc3)nc2cc1Cl. The topological polar surface area (TPSA) is 110 Å². The number of rotatable bonds is 4. The van der Waals surface area contributed by atoms with E-state index in [0.29, 0.717) is 27.7 Å². The Morgan fingerprint density at radius 2 is 2.00 bits per heavy atom. The fraction of sp³-hybridized carbons (Fsp3) is 0.0476. The van der Waals surface area contributed by atoms with Crippen LogP contribution >= 0.6 is 11.6 Å². The molecular weight excluding hydrogens is 406 g/mol. The quantitative estimate of drug-likeness (QED) is 0.420. The number of H-pyrrole nitrogens is 1. The van der Waals surface area contributed by atoms with Gasteiger partial charge in [-0.2, -0.15) is 5.10 Å². The van der Waals surface area contributed by atoms with Crippen molar-refractivity contribution in [2.75, 3.05) is 5.32 Å². The van der Waals surface area contributed by atoms with Gasteiger partial charge in [-0.15, -0.1) is 0 Å². The van der Waals surface area contributed by atoms with E-state index in [1.807, 2.05) is 25.1 Å². The molecule has 3 heterocycles. The van der Waals surface area contributed by atoms with Crippen LogP contribution in [0, 0.1) is 6.92 Å². The molecule has 0 bridgehead atoms. The molecule has 0 spiro atoms. The molecule has 9 heteroatoms. The van der Waals surface area contributed by atoms with Crippen molar-refractivity contribution in [2.24, 2.45) is 0 Å². The minimum absolute atomic E-state index is 0.140. The van der Waals surface area contributed by atoms with Crippen LogP contribution in [-0.2, 0) is 0 Å². The Hall–Kier alpha value is -3.91. The van der Waals surface area contributed by atoms with Gasteiger partial charge in [0.1, 0.15) is 5.52 Å². The molecule has 2 N–H and O–H groups in total. The molecule has 0 radical (unpaired) electrons. The Balaban J connectivity index is 1.44. The number of hydrogen-bond acceptors (Lipinski definition) is 6. The van der Waals surface area contributed by atoms with Crippen LogP contribution in [-0.4, -0.2) is 26.2 Å². The van der Waals surface area contributed by atoms with Gasteiger partial charge >= 0.3 is 0 Å². The number of nitrogens with one attached hydrogen (secondary N) is 2. The molecule has 0 unspecified atom stereocenters. The fourth-order valence-electron chi connectivity index (χ4n) is 3.08. The number of carbonyl (C=O) groups is 1. The van der Waals surface area contributed by atoms with Crippen molar-refractivity contribution >= 4 is 34.3 Å². The number of anilines is 1. The minimum Gasteiger partial charge on any atom is -0.436 e. The number of aromatic amines is 1. The predicted molar refractivity (Wildman–Crippen MR) is 111 cm³/mol. The third kappa shape index (κ3) is 3.23. The van der Waals surface area contributed by atoms with E-state index in [1.54, 1.807) is 24.4 Å². The van der Waals surface area contributed by atoms with E-state index in [2.05, 4.69) is 25.7 Å².